The molecule has 0 aliphatic carbocycles. The number of hydrogen-bond acceptors (Lipinski definition) is 3. The van der Waals surface area contributed by atoms with Crippen LogP contribution in [0.3, 0.4) is 0 Å². The van der Waals surface area contributed by atoms with E-state index >= 15 is 0 Å². The first-order valence-corrected chi connectivity index (χ1v) is 5.62. The first-order chi connectivity index (χ1) is 7.27. The lowest BCUT2D eigenvalue weighted by Gasteiger charge is -2.01. The van der Waals surface area contributed by atoms with Crippen LogP contribution in [0.25, 0.3) is 0 Å². The van der Waals surface area contributed by atoms with E-state index in [0.717, 1.165) is 4.90 Å². The Morgan fingerprint density at radius 1 is 1.00 bits per heavy atom. The highest BCUT2D eigenvalue weighted by atomic mass is 32.2. The average Bonchev–Trinajstić information content (AvgIpc) is 2.29. The number of nitrogens with two attached hydrogens (primary N) is 1. The van der Waals surface area contributed by atoms with Crippen LogP contribution in [0.15, 0.2) is 58.5 Å². The molecule has 0 fully saturated rings. The smallest absolute Gasteiger partial charge is 0.134 e. The molecule has 1 aromatic carbocycles. The Bertz CT molecular complexity index is 485. The Morgan fingerprint density at radius 3 is 2.40 bits per heavy atom. The van der Waals surface area contributed by atoms with Crippen molar-refractivity contribution in [3.05, 3.63) is 48.5 Å². The minimum Gasteiger partial charge on any atom is -0.384 e. The lowest BCUT2D eigenvalue weighted by Crippen LogP contribution is -1.98. The Hall–Kier alpha value is -1.68. The summed E-state index contributed by atoms with van der Waals surface area (Å²) in [4.78, 5) is 4.76. The summed E-state index contributed by atoms with van der Waals surface area (Å²) in [5.41, 5.74) is 5.53. The van der Waals surface area contributed by atoms with E-state index < -0.39 is 10.8 Å². The second-order valence-corrected chi connectivity index (χ2v) is 4.41. The van der Waals surface area contributed by atoms with Crippen molar-refractivity contribution in [1.82, 2.24) is 4.98 Å². The largest absolute Gasteiger partial charge is 0.384 e. The molecule has 1 heterocycles. The van der Waals surface area contributed by atoms with Crippen LogP contribution in [-0.4, -0.2) is 9.19 Å². The molecule has 1 unspecified atom stereocenters. The number of aromatic nitrogens is 1. The minimum absolute atomic E-state index is 0.386. The summed E-state index contributed by atoms with van der Waals surface area (Å²) in [5.74, 6) is 0.386. The summed E-state index contributed by atoms with van der Waals surface area (Å²) in [6.07, 6.45) is 0. The van der Waals surface area contributed by atoms with Gasteiger partial charge in [0.25, 0.3) is 0 Å². The number of rotatable bonds is 2. The van der Waals surface area contributed by atoms with Crippen LogP contribution in [0.4, 0.5) is 5.82 Å². The monoisotopic (exact) mass is 218 g/mol. The maximum atomic E-state index is 12.0. The van der Waals surface area contributed by atoms with Crippen molar-refractivity contribution in [3.63, 3.8) is 0 Å². The third-order valence-corrected chi connectivity index (χ3v) is 3.20. The van der Waals surface area contributed by atoms with Crippen molar-refractivity contribution < 1.29 is 4.21 Å². The minimum atomic E-state index is -1.25. The molecule has 4 heteroatoms. The quantitative estimate of drug-likeness (QED) is 0.836. The van der Waals surface area contributed by atoms with E-state index in [1.807, 2.05) is 18.2 Å². The molecule has 3 nitrogen and oxygen atoms in total. The second kappa shape index (κ2) is 4.23. The summed E-state index contributed by atoms with van der Waals surface area (Å²) in [7, 11) is -1.25. The molecule has 76 valence electrons. The van der Waals surface area contributed by atoms with E-state index in [1.54, 1.807) is 30.3 Å². The molecule has 2 rings (SSSR count). The predicted molar refractivity (Wildman–Crippen MR) is 59.8 cm³/mol. The van der Waals surface area contributed by atoms with Crippen LogP contribution in [0.1, 0.15) is 0 Å². The molecule has 0 aliphatic heterocycles. The van der Waals surface area contributed by atoms with Gasteiger partial charge < -0.3 is 5.73 Å². The number of benzene rings is 1. The summed E-state index contributed by atoms with van der Waals surface area (Å²) in [5, 5.41) is 0.487. The second-order valence-electron chi connectivity index (χ2n) is 2.98. The SMILES string of the molecule is Nc1cccc(S(=O)c2ccccc2)n1. The Labute approximate surface area is 90.4 Å². The Morgan fingerprint density at radius 2 is 1.73 bits per heavy atom. The van der Waals surface area contributed by atoms with Crippen molar-refractivity contribution in [2.45, 2.75) is 9.92 Å². The zero-order chi connectivity index (χ0) is 10.7. The van der Waals surface area contributed by atoms with Gasteiger partial charge in [0.15, 0.2) is 0 Å². The van der Waals surface area contributed by atoms with Crippen LogP contribution in [-0.2, 0) is 10.8 Å². The van der Waals surface area contributed by atoms with Crippen LogP contribution in [0.2, 0.25) is 0 Å². The molecule has 2 aromatic rings. The van der Waals surface area contributed by atoms with Crippen molar-refractivity contribution in [1.29, 1.82) is 0 Å². The van der Waals surface area contributed by atoms with Gasteiger partial charge in [-0.1, -0.05) is 24.3 Å². The Kier molecular flexibility index (Phi) is 2.78. The molecule has 0 bridgehead atoms. The van der Waals surface area contributed by atoms with Gasteiger partial charge in [0.05, 0.1) is 0 Å². The van der Waals surface area contributed by atoms with Gasteiger partial charge in [-0.15, -0.1) is 0 Å². The Balaban J connectivity index is 2.37. The zero-order valence-electron chi connectivity index (χ0n) is 7.96. The standard InChI is InChI=1S/C11H10N2OS/c12-10-7-4-8-11(13-10)15(14)9-5-2-1-3-6-9/h1-8H,(H2,12,13). The molecule has 2 N–H and O–H groups in total. The molecule has 0 saturated carbocycles. The van der Waals surface area contributed by atoms with Crippen LogP contribution < -0.4 is 5.73 Å². The van der Waals surface area contributed by atoms with Gasteiger partial charge in [-0.2, -0.15) is 0 Å². The van der Waals surface area contributed by atoms with E-state index in [-0.39, 0.29) is 0 Å². The fraction of sp³-hybridized carbons (Fsp3) is 0. The topological polar surface area (TPSA) is 56.0 Å². The first-order valence-electron chi connectivity index (χ1n) is 4.47. The highest BCUT2D eigenvalue weighted by Gasteiger charge is 2.07. The molecule has 0 saturated heterocycles. The molecule has 1 atom stereocenters. The first kappa shape index (κ1) is 9.86. The van der Waals surface area contributed by atoms with E-state index in [4.69, 9.17) is 5.73 Å². The highest BCUT2D eigenvalue weighted by molar-refractivity contribution is 7.85. The predicted octanol–water partition coefficient (Wildman–Crippen LogP) is 1.83. The number of anilines is 1. The van der Waals surface area contributed by atoms with Crippen LogP contribution in [0, 0.1) is 0 Å². The third kappa shape index (κ3) is 2.22. The molecular weight excluding hydrogens is 208 g/mol. The van der Waals surface area contributed by atoms with Crippen molar-refractivity contribution in [3.8, 4) is 0 Å². The van der Waals surface area contributed by atoms with Gasteiger partial charge in [-0.25, -0.2) is 9.19 Å². The summed E-state index contributed by atoms with van der Waals surface area (Å²) < 4.78 is 12.0. The van der Waals surface area contributed by atoms with Gasteiger partial charge in [0.1, 0.15) is 21.6 Å². The van der Waals surface area contributed by atoms with Gasteiger partial charge in [0, 0.05) is 4.90 Å². The lowest BCUT2D eigenvalue weighted by atomic mass is 10.4. The maximum Gasteiger partial charge on any atom is 0.134 e. The van der Waals surface area contributed by atoms with Gasteiger partial charge in [-0.3, -0.25) is 0 Å². The zero-order valence-corrected chi connectivity index (χ0v) is 8.78. The lowest BCUT2D eigenvalue weighted by molar-refractivity contribution is 0.680. The third-order valence-electron chi connectivity index (χ3n) is 1.89. The van der Waals surface area contributed by atoms with Crippen LogP contribution in [0.5, 0.6) is 0 Å². The number of nitrogen functional groups attached to an aromatic ring is 1. The number of pyridine rings is 1. The fourth-order valence-corrected chi connectivity index (χ4v) is 2.24. The maximum absolute atomic E-state index is 12.0. The normalized spacial score (nSPS) is 12.3. The molecule has 0 amide bonds. The average molecular weight is 218 g/mol. The molecular formula is C11H10N2OS. The highest BCUT2D eigenvalue weighted by Crippen LogP contribution is 2.14. The molecule has 0 radical (unpaired) electrons. The molecule has 1 aromatic heterocycles. The van der Waals surface area contributed by atoms with E-state index in [2.05, 4.69) is 4.98 Å². The molecule has 0 aliphatic rings. The number of hydrogen-bond donors (Lipinski definition) is 1. The fourth-order valence-electron chi connectivity index (χ4n) is 1.20. The summed E-state index contributed by atoms with van der Waals surface area (Å²) in [6, 6.07) is 14.3. The van der Waals surface area contributed by atoms with Gasteiger partial charge >= 0.3 is 0 Å². The van der Waals surface area contributed by atoms with Gasteiger partial charge in [0.2, 0.25) is 0 Å². The van der Waals surface area contributed by atoms with E-state index in [0.29, 0.717) is 10.8 Å². The molecule has 15 heavy (non-hydrogen) atoms. The van der Waals surface area contributed by atoms with Crippen molar-refractivity contribution >= 4 is 16.6 Å². The summed E-state index contributed by atoms with van der Waals surface area (Å²) >= 11 is 0. The van der Waals surface area contributed by atoms with Crippen molar-refractivity contribution in [2.75, 3.05) is 5.73 Å². The van der Waals surface area contributed by atoms with Crippen molar-refractivity contribution in [2.24, 2.45) is 0 Å². The van der Waals surface area contributed by atoms with Gasteiger partial charge in [-0.05, 0) is 24.3 Å². The number of nitrogens with zero attached hydrogens (tertiary/aromatic N) is 1. The molecule has 0 spiro atoms. The van der Waals surface area contributed by atoms with Crippen LogP contribution >= 0.6 is 0 Å². The summed E-state index contributed by atoms with van der Waals surface area (Å²) in [6.45, 7) is 0. The van der Waals surface area contributed by atoms with E-state index in [1.165, 1.54) is 0 Å². The van der Waals surface area contributed by atoms with E-state index in [9.17, 15) is 4.21 Å².